The van der Waals surface area contributed by atoms with E-state index in [-0.39, 0.29) is 24.5 Å². The molecule has 166 valence electrons. The molecule has 5 nitrogen and oxygen atoms in total. The zero-order chi connectivity index (χ0) is 22.2. The average Bonchev–Trinajstić information content (AvgIpc) is 2.78. The number of para-hydroxylation sites is 1. The number of amides is 2. The molecule has 1 aliphatic carbocycles. The molecule has 1 N–H and O–H groups in total. The molecule has 1 atom stereocenters. The average molecular weight is 443 g/mol. The number of halogens is 1. The van der Waals surface area contributed by atoms with Crippen molar-refractivity contribution < 1.29 is 14.3 Å². The Hall–Kier alpha value is -2.53. The summed E-state index contributed by atoms with van der Waals surface area (Å²) in [5.74, 6) is 0.0775. The Morgan fingerprint density at radius 2 is 1.77 bits per heavy atom. The lowest BCUT2D eigenvalue weighted by Crippen LogP contribution is -2.51. The van der Waals surface area contributed by atoms with Crippen molar-refractivity contribution in [2.75, 3.05) is 6.61 Å². The van der Waals surface area contributed by atoms with Gasteiger partial charge in [-0.1, -0.05) is 67.3 Å². The van der Waals surface area contributed by atoms with Crippen LogP contribution in [-0.2, 0) is 16.1 Å². The van der Waals surface area contributed by atoms with Crippen LogP contribution in [0.15, 0.2) is 48.5 Å². The van der Waals surface area contributed by atoms with E-state index in [2.05, 4.69) is 5.32 Å². The number of hydrogen-bond donors (Lipinski definition) is 1. The number of rotatable bonds is 8. The molecule has 1 aliphatic rings. The van der Waals surface area contributed by atoms with Crippen molar-refractivity contribution in [1.29, 1.82) is 0 Å². The van der Waals surface area contributed by atoms with Crippen LogP contribution < -0.4 is 10.1 Å². The maximum Gasteiger partial charge on any atom is 0.261 e. The number of nitrogens with zero attached hydrogens (tertiary/aromatic N) is 1. The molecule has 0 bridgehead atoms. The molecular formula is C25H31ClN2O3. The molecule has 31 heavy (non-hydrogen) atoms. The van der Waals surface area contributed by atoms with Gasteiger partial charge >= 0.3 is 0 Å². The van der Waals surface area contributed by atoms with Crippen molar-refractivity contribution in [3.8, 4) is 5.75 Å². The summed E-state index contributed by atoms with van der Waals surface area (Å²) in [7, 11) is 0. The molecule has 0 aromatic heterocycles. The SMILES string of the molecule is Cc1ccccc1CN(C(=O)COc1ccccc1Cl)[C@@H](C)C(=O)NC1CCCCC1. The molecular weight excluding hydrogens is 412 g/mol. The van der Waals surface area contributed by atoms with Crippen LogP contribution in [0.3, 0.4) is 0 Å². The Labute approximate surface area is 189 Å². The molecule has 2 amide bonds. The van der Waals surface area contributed by atoms with E-state index >= 15 is 0 Å². The van der Waals surface area contributed by atoms with E-state index in [1.54, 1.807) is 36.1 Å². The highest BCUT2D eigenvalue weighted by Crippen LogP contribution is 2.23. The van der Waals surface area contributed by atoms with Crippen LogP contribution in [0.25, 0.3) is 0 Å². The van der Waals surface area contributed by atoms with Crippen LogP contribution >= 0.6 is 11.6 Å². The highest BCUT2D eigenvalue weighted by atomic mass is 35.5. The molecule has 3 rings (SSSR count). The van der Waals surface area contributed by atoms with Gasteiger partial charge in [-0.3, -0.25) is 9.59 Å². The Morgan fingerprint density at radius 1 is 1.10 bits per heavy atom. The van der Waals surface area contributed by atoms with Gasteiger partial charge in [0.2, 0.25) is 5.91 Å². The number of benzene rings is 2. The van der Waals surface area contributed by atoms with E-state index in [4.69, 9.17) is 16.3 Å². The van der Waals surface area contributed by atoms with Gasteiger partial charge in [0.1, 0.15) is 11.8 Å². The molecule has 2 aromatic rings. The Balaban J connectivity index is 1.72. The number of hydrogen-bond acceptors (Lipinski definition) is 3. The highest BCUT2D eigenvalue weighted by molar-refractivity contribution is 6.32. The molecule has 0 spiro atoms. The van der Waals surface area contributed by atoms with Gasteiger partial charge in [-0.2, -0.15) is 0 Å². The fourth-order valence-electron chi connectivity index (χ4n) is 3.91. The van der Waals surface area contributed by atoms with Gasteiger partial charge in [-0.25, -0.2) is 0 Å². The molecule has 0 radical (unpaired) electrons. The number of aryl methyl sites for hydroxylation is 1. The third-order valence-electron chi connectivity index (χ3n) is 5.91. The molecule has 6 heteroatoms. The van der Waals surface area contributed by atoms with Gasteiger partial charge < -0.3 is 15.0 Å². The number of carbonyl (C=O) groups excluding carboxylic acids is 2. The largest absolute Gasteiger partial charge is 0.482 e. The second-order valence-corrected chi connectivity index (χ2v) is 8.59. The zero-order valence-corrected chi connectivity index (χ0v) is 19.0. The van der Waals surface area contributed by atoms with Crippen LogP contribution in [0, 0.1) is 6.92 Å². The summed E-state index contributed by atoms with van der Waals surface area (Å²) in [4.78, 5) is 27.7. The molecule has 1 saturated carbocycles. The van der Waals surface area contributed by atoms with Crippen molar-refractivity contribution >= 4 is 23.4 Å². The Bertz CT molecular complexity index is 896. The van der Waals surface area contributed by atoms with E-state index in [1.165, 1.54) is 6.42 Å². The van der Waals surface area contributed by atoms with E-state index in [0.29, 0.717) is 17.3 Å². The van der Waals surface area contributed by atoms with Gasteiger partial charge in [0.05, 0.1) is 5.02 Å². The minimum Gasteiger partial charge on any atom is -0.482 e. The quantitative estimate of drug-likeness (QED) is 0.633. The van der Waals surface area contributed by atoms with Crippen molar-refractivity contribution in [2.24, 2.45) is 0 Å². The fraction of sp³-hybridized carbons (Fsp3) is 0.440. The molecule has 1 fully saturated rings. The first-order valence-electron chi connectivity index (χ1n) is 11.0. The fourth-order valence-corrected chi connectivity index (χ4v) is 4.10. The van der Waals surface area contributed by atoms with Crippen LogP contribution in [-0.4, -0.2) is 35.4 Å². The normalized spacial score (nSPS) is 15.2. The molecule has 0 unspecified atom stereocenters. The Kier molecular flexibility index (Phi) is 8.35. The molecule has 0 aliphatic heterocycles. The minimum absolute atomic E-state index is 0.119. The maximum atomic E-state index is 13.2. The summed E-state index contributed by atoms with van der Waals surface area (Å²) in [6.45, 7) is 3.95. The second-order valence-electron chi connectivity index (χ2n) is 8.19. The minimum atomic E-state index is -0.608. The summed E-state index contributed by atoms with van der Waals surface area (Å²) in [5, 5.41) is 3.59. The standard InChI is InChI=1S/C25H31ClN2O3/c1-18-10-6-7-11-20(18)16-28(19(2)25(30)27-21-12-4-3-5-13-21)24(29)17-31-23-15-9-8-14-22(23)26/h6-11,14-15,19,21H,3-5,12-13,16-17H2,1-2H3,(H,27,30)/t19-/m0/s1. The monoisotopic (exact) mass is 442 g/mol. The number of carbonyl (C=O) groups is 2. The predicted octanol–water partition coefficient (Wildman–Crippen LogP) is 4.89. The van der Waals surface area contributed by atoms with Crippen LogP contribution in [0.5, 0.6) is 5.75 Å². The van der Waals surface area contributed by atoms with Crippen LogP contribution in [0.1, 0.15) is 50.2 Å². The third kappa shape index (κ3) is 6.47. The van der Waals surface area contributed by atoms with E-state index in [9.17, 15) is 9.59 Å². The van der Waals surface area contributed by atoms with Gasteiger partial charge in [-0.15, -0.1) is 0 Å². The predicted molar refractivity (Wildman–Crippen MR) is 123 cm³/mol. The first kappa shape index (κ1) is 23.1. The first-order valence-corrected chi connectivity index (χ1v) is 11.3. The topological polar surface area (TPSA) is 58.6 Å². The summed E-state index contributed by atoms with van der Waals surface area (Å²) >= 11 is 6.15. The molecule has 2 aromatic carbocycles. The Morgan fingerprint density at radius 3 is 2.48 bits per heavy atom. The van der Waals surface area contributed by atoms with Gasteiger partial charge in [-0.05, 0) is 49.9 Å². The van der Waals surface area contributed by atoms with Crippen LogP contribution in [0.4, 0.5) is 0 Å². The second kappa shape index (κ2) is 11.2. The zero-order valence-electron chi connectivity index (χ0n) is 18.3. The summed E-state index contributed by atoms with van der Waals surface area (Å²) < 4.78 is 5.67. The summed E-state index contributed by atoms with van der Waals surface area (Å²) in [5.41, 5.74) is 2.08. The van der Waals surface area contributed by atoms with Gasteiger partial charge in [0, 0.05) is 12.6 Å². The molecule has 0 heterocycles. The van der Waals surface area contributed by atoms with Crippen molar-refractivity contribution in [2.45, 2.75) is 64.6 Å². The van der Waals surface area contributed by atoms with Gasteiger partial charge in [0.25, 0.3) is 5.91 Å². The van der Waals surface area contributed by atoms with E-state index < -0.39 is 6.04 Å². The van der Waals surface area contributed by atoms with Crippen molar-refractivity contribution in [3.63, 3.8) is 0 Å². The van der Waals surface area contributed by atoms with E-state index in [0.717, 1.165) is 36.8 Å². The van der Waals surface area contributed by atoms with Crippen LogP contribution in [0.2, 0.25) is 5.02 Å². The first-order chi connectivity index (χ1) is 15.0. The lowest BCUT2D eigenvalue weighted by atomic mass is 9.95. The smallest absolute Gasteiger partial charge is 0.261 e. The molecule has 0 saturated heterocycles. The van der Waals surface area contributed by atoms with Crippen molar-refractivity contribution in [1.82, 2.24) is 10.2 Å². The van der Waals surface area contributed by atoms with Crippen molar-refractivity contribution in [3.05, 3.63) is 64.7 Å². The maximum absolute atomic E-state index is 13.2. The number of ether oxygens (including phenoxy) is 1. The summed E-state index contributed by atoms with van der Waals surface area (Å²) in [6, 6.07) is 14.5. The third-order valence-corrected chi connectivity index (χ3v) is 6.22. The summed E-state index contributed by atoms with van der Waals surface area (Å²) in [6.07, 6.45) is 5.49. The lowest BCUT2D eigenvalue weighted by Gasteiger charge is -2.31. The van der Waals surface area contributed by atoms with Gasteiger partial charge in [0.15, 0.2) is 6.61 Å². The lowest BCUT2D eigenvalue weighted by molar-refractivity contribution is -0.142. The number of nitrogens with one attached hydrogen (secondary N) is 1. The highest BCUT2D eigenvalue weighted by Gasteiger charge is 2.28. The van der Waals surface area contributed by atoms with E-state index in [1.807, 2.05) is 31.2 Å².